The summed E-state index contributed by atoms with van der Waals surface area (Å²) in [6.45, 7) is 7.49. The molecule has 0 radical (unpaired) electrons. The molecule has 150 valence electrons. The minimum atomic E-state index is -0.812. The van der Waals surface area contributed by atoms with Gasteiger partial charge in [-0.3, -0.25) is 9.69 Å². The van der Waals surface area contributed by atoms with Gasteiger partial charge >= 0.3 is 12.0 Å². The number of hydrogen-bond donors (Lipinski definition) is 3. The summed E-state index contributed by atoms with van der Waals surface area (Å²) in [7, 11) is 0. The first kappa shape index (κ1) is 21.5. The third kappa shape index (κ3) is 7.03. The summed E-state index contributed by atoms with van der Waals surface area (Å²) in [6.07, 6.45) is 2.40. The van der Waals surface area contributed by atoms with E-state index in [0.717, 1.165) is 29.8 Å². The summed E-state index contributed by atoms with van der Waals surface area (Å²) in [6, 6.07) is 7.95. The summed E-state index contributed by atoms with van der Waals surface area (Å²) in [5, 5.41) is 15.6. The zero-order valence-corrected chi connectivity index (χ0v) is 17.1. The van der Waals surface area contributed by atoms with E-state index in [4.69, 9.17) is 16.7 Å². The Bertz CT molecular complexity index is 660. The molecule has 1 fully saturated rings. The zero-order chi connectivity index (χ0) is 20.0. The van der Waals surface area contributed by atoms with E-state index in [9.17, 15) is 9.59 Å². The number of amides is 2. The molecule has 27 heavy (non-hydrogen) atoms. The molecular formula is C20H30ClN3O3. The van der Waals surface area contributed by atoms with E-state index in [1.807, 2.05) is 36.1 Å². The van der Waals surface area contributed by atoms with Crippen molar-refractivity contribution in [3.63, 3.8) is 0 Å². The lowest BCUT2D eigenvalue weighted by atomic mass is 9.85. The van der Waals surface area contributed by atoms with Gasteiger partial charge in [-0.25, -0.2) is 4.79 Å². The van der Waals surface area contributed by atoms with Crippen molar-refractivity contribution in [2.24, 2.45) is 5.41 Å². The van der Waals surface area contributed by atoms with Crippen LogP contribution < -0.4 is 10.6 Å². The van der Waals surface area contributed by atoms with Crippen LogP contribution in [0, 0.1) is 5.41 Å². The number of carbonyl (C=O) groups excluding carboxylic acids is 1. The van der Waals surface area contributed by atoms with Gasteiger partial charge in [-0.1, -0.05) is 44.5 Å². The van der Waals surface area contributed by atoms with Gasteiger partial charge in [0.2, 0.25) is 0 Å². The Balaban J connectivity index is 1.71. The SMILES string of the molecule is CCN(CC(=O)O)C1CC(NC(=O)NCC(C)(C)Cc2cccc(Cl)c2)C1. The van der Waals surface area contributed by atoms with E-state index in [1.54, 1.807) is 0 Å². The Hall–Kier alpha value is -1.79. The maximum atomic E-state index is 12.2. The van der Waals surface area contributed by atoms with Crippen molar-refractivity contribution in [2.75, 3.05) is 19.6 Å². The highest BCUT2D eigenvalue weighted by atomic mass is 35.5. The van der Waals surface area contributed by atoms with Crippen molar-refractivity contribution in [1.29, 1.82) is 0 Å². The Morgan fingerprint density at radius 1 is 1.33 bits per heavy atom. The second kappa shape index (κ2) is 9.42. The largest absolute Gasteiger partial charge is 0.480 e. The highest BCUT2D eigenvalue weighted by molar-refractivity contribution is 6.30. The van der Waals surface area contributed by atoms with Gasteiger partial charge in [0.25, 0.3) is 0 Å². The molecule has 0 saturated heterocycles. The van der Waals surface area contributed by atoms with Gasteiger partial charge < -0.3 is 15.7 Å². The van der Waals surface area contributed by atoms with Crippen molar-refractivity contribution >= 4 is 23.6 Å². The molecule has 7 heteroatoms. The minimum absolute atomic E-state index is 0.0533. The maximum Gasteiger partial charge on any atom is 0.317 e. The second-order valence-electron chi connectivity index (χ2n) is 8.08. The normalized spacial score (nSPS) is 19.4. The fourth-order valence-electron chi connectivity index (χ4n) is 3.49. The van der Waals surface area contributed by atoms with Gasteiger partial charge in [0.15, 0.2) is 0 Å². The van der Waals surface area contributed by atoms with E-state index in [0.29, 0.717) is 13.1 Å². The maximum absolute atomic E-state index is 12.2. The molecule has 2 rings (SSSR count). The third-order valence-electron chi connectivity index (χ3n) is 5.01. The van der Waals surface area contributed by atoms with Crippen molar-refractivity contribution in [1.82, 2.24) is 15.5 Å². The van der Waals surface area contributed by atoms with Gasteiger partial charge in [-0.2, -0.15) is 0 Å². The number of nitrogens with one attached hydrogen (secondary N) is 2. The molecular weight excluding hydrogens is 366 g/mol. The van der Waals surface area contributed by atoms with E-state index >= 15 is 0 Å². The lowest BCUT2D eigenvalue weighted by Gasteiger charge is -2.42. The van der Waals surface area contributed by atoms with Gasteiger partial charge in [0.05, 0.1) is 6.54 Å². The number of carboxylic acid groups (broad SMARTS) is 1. The molecule has 1 aliphatic carbocycles. The Morgan fingerprint density at radius 3 is 2.63 bits per heavy atom. The number of carbonyl (C=O) groups is 2. The van der Waals surface area contributed by atoms with Crippen molar-refractivity contribution in [3.05, 3.63) is 34.9 Å². The standard InChI is InChI=1S/C20H30ClN3O3/c1-4-24(12-18(25)26)17-9-16(10-17)23-19(27)22-13-20(2,3)11-14-6-5-7-15(21)8-14/h5-8,16-17H,4,9-13H2,1-3H3,(H,25,26)(H2,22,23,27). The van der Waals surface area contributed by atoms with Crippen molar-refractivity contribution < 1.29 is 14.7 Å². The molecule has 1 aliphatic rings. The number of carboxylic acids is 1. The fourth-order valence-corrected chi connectivity index (χ4v) is 3.71. The molecule has 0 unspecified atom stereocenters. The van der Waals surface area contributed by atoms with E-state index < -0.39 is 5.97 Å². The van der Waals surface area contributed by atoms with Crippen LogP contribution in [-0.2, 0) is 11.2 Å². The molecule has 2 amide bonds. The number of benzene rings is 1. The molecule has 0 heterocycles. The molecule has 0 aromatic heterocycles. The van der Waals surface area contributed by atoms with Crippen LogP contribution in [0.2, 0.25) is 5.02 Å². The number of likely N-dealkylation sites (N-methyl/N-ethyl adjacent to an activating group) is 1. The van der Waals surface area contributed by atoms with Crippen LogP contribution in [0.25, 0.3) is 0 Å². The molecule has 1 aromatic rings. The lowest BCUT2D eigenvalue weighted by molar-refractivity contribution is -0.139. The molecule has 0 aliphatic heterocycles. The first-order valence-corrected chi connectivity index (χ1v) is 9.81. The number of rotatable bonds is 9. The highest BCUT2D eigenvalue weighted by Gasteiger charge is 2.34. The summed E-state index contributed by atoms with van der Waals surface area (Å²) in [5.74, 6) is -0.812. The van der Waals surface area contributed by atoms with Crippen LogP contribution in [0.1, 0.15) is 39.2 Å². The smallest absolute Gasteiger partial charge is 0.317 e. The lowest BCUT2D eigenvalue weighted by Crippen LogP contribution is -2.56. The predicted molar refractivity (Wildman–Crippen MR) is 107 cm³/mol. The molecule has 0 atom stereocenters. The van der Waals surface area contributed by atoms with Crippen LogP contribution in [0.15, 0.2) is 24.3 Å². The quantitative estimate of drug-likeness (QED) is 0.600. The highest BCUT2D eigenvalue weighted by Crippen LogP contribution is 2.26. The Morgan fingerprint density at radius 2 is 2.04 bits per heavy atom. The first-order valence-electron chi connectivity index (χ1n) is 9.43. The van der Waals surface area contributed by atoms with Gasteiger partial charge in [-0.05, 0) is 48.9 Å². The molecule has 6 nitrogen and oxygen atoms in total. The molecule has 1 aromatic carbocycles. The second-order valence-corrected chi connectivity index (χ2v) is 8.51. The number of hydrogen-bond acceptors (Lipinski definition) is 3. The number of nitrogens with zero attached hydrogens (tertiary/aromatic N) is 1. The molecule has 3 N–H and O–H groups in total. The van der Waals surface area contributed by atoms with Gasteiger partial charge in [0.1, 0.15) is 0 Å². The van der Waals surface area contributed by atoms with Crippen LogP contribution in [0.4, 0.5) is 4.79 Å². The summed E-state index contributed by atoms with van der Waals surface area (Å²) in [4.78, 5) is 25.0. The first-order chi connectivity index (χ1) is 12.7. The van der Waals surface area contributed by atoms with Crippen LogP contribution in [0.5, 0.6) is 0 Å². The number of urea groups is 1. The molecule has 0 spiro atoms. The fraction of sp³-hybridized carbons (Fsp3) is 0.600. The Kier molecular flexibility index (Phi) is 7.50. The van der Waals surface area contributed by atoms with E-state index in [2.05, 4.69) is 24.5 Å². The summed E-state index contributed by atoms with van der Waals surface area (Å²) < 4.78 is 0. The van der Waals surface area contributed by atoms with Crippen LogP contribution >= 0.6 is 11.6 Å². The van der Waals surface area contributed by atoms with Gasteiger partial charge in [-0.15, -0.1) is 0 Å². The van der Waals surface area contributed by atoms with Gasteiger partial charge in [0, 0.05) is 23.7 Å². The predicted octanol–water partition coefficient (Wildman–Crippen LogP) is 3.15. The van der Waals surface area contributed by atoms with Crippen molar-refractivity contribution in [2.45, 2.75) is 52.1 Å². The molecule has 0 bridgehead atoms. The average molecular weight is 396 g/mol. The third-order valence-corrected chi connectivity index (χ3v) is 5.24. The number of aliphatic carboxylic acids is 1. The van der Waals surface area contributed by atoms with Crippen LogP contribution in [0.3, 0.4) is 0 Å². The Labute approximate surface area is 166 Å². The summed E-state index contributed by atoms with van der Waals surface area (Å²) >= 11 is 6.04. The molecule has 1 saturated carbocycles. The van der Waals surface area contributed by atoms with E-state index in [1.165, 1.54) is 0 Å². The van der Waals surface area contributed by atoms with E-state index in [-0.39, 0.29) is 30.1 Å². The average Bonchev–Trinajstić information content (AvgIpc) is 2.53. The topological polar surface area (TPSA) is 81.7 Å². The summed E-state index contributed by atoms with van der Waals surface area (Å²) in [5.41, 5.74) is 1.06. The number of halogens is 1. The van der Waals surface area contributed by atoms with Crippen LogP contribution in [-0.4, -0.2) is 53.7 Å². The zero-order valence-electron chi connectivity index (χ0n) is 16.3. The minimum Gasteiger partial charge on any atom is -0.480 e. The van der Waals surface area contributed by atoms with Crippen molar-refractivity contribution in [3.8, 4) is 0 Å². The monoisotopic (exact) mass is 395 g/mol.